The number of hydrogen-bond donors (Lipinski definition) is 2. The summed E-state index contributed by atoms with van der Waals surface area (Å²) in [6.07, 6.45) is 0. The number of aromatic nitrogens is 2. The normalized spacial score (nSPS) is 16.3. The molecule has 1 saturated heterocycles. The molecule has 1 aliphatic heterocycles. The molecule has 2 heterocycles. The molecule has 2 amide bonds. The van der Waals surface area contributed by atoms with E-state index in [9.17, 15) is 9.59 Å². The van der Waals surface area contributed by atoms with E-state index in [1.807, 2.05) is 84.1 Å². The van der Waals surface area contributed by atoms with Crippen LogP contribution in [0.1, 0.15) is 23.0 Å². The maximum atomic E-state index is 12.9. The van der Waals surface area contributed by atoms with E-state index >= 15 is 0 Å². The molecule has 2 aromatic carbocycles. The number of ether oxygens (including phenoxy) is 1. The van der Waals surface area contributed by atoms with E-state index in [0.29, 0.717) is 26.2 Å². The summed E-state index contributed by atoms with van der Waals surface area (Å²) >= 11 is 0. The van der Waals surface area contributed by atoms with Gasteiger partial charge in [-0.25, -0.2) is 4.68 Å². The van der Waals surface area contributed by atoms with Crippen molar-refractivity contribution in [2.45, 2.75) is 19.9 Å². The zero-order valence-electron chi connectivity index (χ0n) is 19.0. The smallest absolute Gasteiger partial charge is 0.242 e. The molecule has 0 aliphatic carbocycles. The monoisotopic (exact) mass is 447 g/mol. The highest BCUT2D eigenvalue weighted by Crippen LogP contribution is 2.30. The third-order valence-electron chi connectivity index (χ3n) is 5.72. The Labute approximate surface area is 193 Å². The van der Waals surface area contributed by atoms with Gasteiger partial charge >= 0.3 is 0 Å². The predicted molar refractivity (Wildman–Crippen MR) is 125 cm³/mol. The van der Waals surface area contributed by atoms with Crippen molar-refractivity contribution in [2.24, 2.45) is 0 Å². The highest BCUT2D eigenvalue weighted by molar-refractivity contribution is 5.86. The van der Waals surface area contributed by atoms with Gasteiger partial charge in [0.05, 0.1) is 24.5 Å². The lowest BCUT2D eigenvalue weighted by Crippen LogP contribution is -2.53. The van der Waals surface area contributed by atoms with Gasteiger partial charge in [-0.3, -0.25) is 14.5 Å². The molecule has 2 N–H and O–H groups in total. The Morgan fingerprint density at radius 3 is 2.55 bits per heavy atom. The van der Waals surface area contributed by atoms with E-state index in [1.54, 1.807) is 0 Å². The first-order valence-corrected chi connectivity index (χ1v) is 11.1. The summed E-state index contributed by atoms with van der Waals surface area (Å²) in [5, 5.41) is 10.5. The van der Waals surface area contributed by atoms with Crippen molar-refractivity contribution >= 4 is 11.8 Å². The van der Waals surface area contributed by atoms with Crippen molar-refractivity contribution < 1.29 is 14.3 Å². The fraction of sp³-hybridized carbons (Fsp3) is 0.320. The van der Waals surface area contributed by atoms with Gasteiger partial charge in [-0.1, -0.05) is 36.4 Å². The number of nitrogens with one attached hydrogen (secondary N) is 2. The fourth-order valence-electron chi connectivity index (χ4n) is 4.19. The van der Waals surface area contributed by atoms with E-state index in [0.717, 1.165) is 28.4 Å². The third kappa shape index (κ3) is 5.23. The van der Waals surface area contributed by atoms with Crippen LogP contribution in [0.2, 0.25) is 0 Å². The molecule has 1 aliphatic rings. The first kappa shape index (κ1) is 22.5. The Kier molecular flexibility index (Phi) is 7.04. The van der Waals surface area contributed by atoms with Crippen molar-refractivity contribution in [1.82, 2.24) is 25.3 Å². The van der Waals surface area contributed by atoms with Crippen LogP contribution in [0.15, 0.2) is 60.7 Å². The summed E-state index contributed by atoms with van der Waals surface area (Å²) in [5.41, 5.74) is 3.45. The van der Waals surface area contributed by atoms with Gasteiger partial charge in [0.2, 0.25) is 11.8 Å². The molecular formula is C25H29N5O3. The van der Waals surface area contributed by atoms with Crippen LogP contribution in [0.4, 0.5) is 0 Å². The molecular weight excluding hydrogens is 418 g/mol. The van der Waals surface area contributed by atoms with Crippen molar-refractivity contribution in [3.63, 3.8) is 0 Å². The fourth-order valence-corrected chi connectivity index (χ4v) is 4.19. The number of amides is 2. The quantitative estimate of drug-likeness (QED) is 0.517. The SMILES string of the molecule is Cc1nn(-c2ccccc2)c(C)c1C1C(=O)NCCN1CC(=O)NCCOc1ccccc1. The maximum Gasteiger partial charge on any atom is 0.242 e. The Bertz CT molecular complexity index is 1100. The van der Waals surface area contributed by atoms with Gasteiger partial charge in [0.25, 0.3) is 0 Å². The molecule has 3 aromatic rings. The second-order valence-electron chi connectivity index (χ2n) is 8.01. The Hall–Kier alpha value is -3.65. The lowest BCUT2D eigenvalue weighted by atomic mass is 10.00. The first-order valence-electron chi connectivity index (χ1n) is 11.1. The van der Waals surface area contributed by atoms with Gasteiger partial charge in [0, 0.05) is 24.3 Å². The summed E-state index contributed by atoms with van der Waals surface area (Å²) in [6.45, 7) is 5.85. The minimum Gasteiger partial charge on any atom is -0.492 e. The number of carbonyl (C=O) groups excluding carboxylic acids is 2. The molecule has 4 rings (SSSR count). The van der Waals surface area contributed by atoms with Crippen LogP contribution in [0.5, 0.6) is 5.75 Å². The molecule has 1 atom stereocenters. The molecule has 1 fully saturated rings. The van der Waals surface area contributed by atoms with E-state index < -0.39 is 6.04 Å². The highest BCUT2D eigenvalue weighted by atomic mass is 16.5. The molecule has 0 bridgehead atoms. The van der Waals surface area contributed by atoms with Gasteiger partial charge in [0.1, 0.15) is 18.4 Å². The summed E-state index contributed by atoms with van der Waals surface area (Å²) in [4.78, 5) is 27.5. The van der Waals surface area contributed by atoms with Crippen LogP contribution in [-0.2, 0) is 9.59 Å². The third-order valence-corrected chi connectivity index (χ3v) is 5.72. The highest BCUT2D eigenvalue weighted by Gasteiger charge is 2.36. The van der Waals surface area contributed by atoms with Crippen molar-refractivity contribution in [1.29, 1.82) is 0 Å². The predicted octanol–water partition coefficient (Wildman–Crippen LogP) is 2.16. The first-order chi connectivity index (χ1) is 16.0. The molecule has 0 spiro atoms. The number of piperazine rings is 1. The average Bonchev–Trinajstić information content (AvgIpc) is 3.12. The van der Waals surface area contributed by atoms with E-state index in [2.05, 4.69) is 15.7 Å². The van der Waals surface area contributed by atoms with E-state index in [-0.39, 0.29) is 18.4 Å². The summed E-state index contributed by atoms with van der Waals surface area (Å²) in [6, 6.07) is 18.7. The van der Waals surface area contributed by atoms with Gasteiger partial charge < -0.3 is 15.4 Å². The molecule has 172 valence electrons. The second kappa shape index (κ2) is 10.3. The van der Waals surface area contributed by atoms with Gasteiger partial charge in [0.15, 0.2) is 0 Å². The standard InChI is InChI=1S/C25H29N5O3/c1-18-23(19(2)30(28-18)20-9-5-3-6-10-20)24-25(32)27-13-15-29(24)17-22(31)26-14-16-33-21-11-7-4-8-12-21/h3-12,24H,13-17H2,1-2H3,(H,26,31)(H,27,32). The summed E-state index contributed by atoms with van der Waals surface area (Å²) in [7, 11) is 0. The molecule has 8 heteroatoms. The number of aryl methyl sites for hydroxylation is 1. The topological polar surface area (TPSA) is 88.5 Å². The number of hydrogen-bond acceptors (Lipinski definition) is 5. The van der Waals surface area contributed by atoms with Crippen LogP contribution in [0.3, 0.4) is 0 Å². The second-order valence-corrected chi connectivity index (χ2v) is 8.01. The van der Waals surface area contributed by atoms with Gasteiger partial charge in [-0.05, 0) is 38.1 Å². The Balaban J connectivity index is 1.43. The van der Waals surface area contributed by atoms with Crippen molar-refractivity contribution in [2.75, 3.05) is 32.8 Å². The van der Waals surface area contributed by atoms with Crippen LogP contribution in [-0.4, -0.2) is 59.3 Å². The Morgan fingerprint density at radius 2 is 1.82 bits per heavy atom. The maximum absolute atomic E-state index is 12.9. The lowest BCUT2D eigenvalue weighted by molar-refractivity contribution is -0.131. The van der Waals surface area contributed by atoms with E-state index in [4.69, 9.17) is 4.74 Å². The lowest BCUT2D eigenvalue weighted by Gasteiger charge is -2.34. The Morgan fingerprint density at radius 1 is 1.12 bits per heavy atom. The molecule has 1 aromatic heterocycles. The average molecular weight is 448 g/mol. The zero-order chi connectivity index (χ0) is 23.2. The molecule has 0 radical (unpaired) electrons. The number of rotatable bonds is 8. The largest absolute Gasteiger partial charge is 0.492 e. The van der Waals surface area contributed by atoms with Crippen molar-refractivity contribution in [3.05, 3.63) is 77.6 Å². The number of carbonyl (C=O) groups is 2. The molecule has 33 heavy (non-hydrogen) atoms. The molecule has 0 saturated carbocycles. The van der Waals surface area contributed by atoms with Crippen LogP contribution in [0.25, 0.3) is 5.69 Å². The number of para-hydroxylation sites is 2. The minimum absolute atomic E-state index is 0.111. The zero-order valence-corrected chi connectivity index (χ0v) is 19.0. The van der Waals surface area contributed by atoms with E-state index in [1.165, 1.54) is 0 Å². The molecule has 8 nitrogen and oxygen atoms in total. The summed E-state index contributed by atoms with van der Waals surface area (Å²) in [5.74, 6) is 0.512. The van der Waals surface area contributed by atoms with Gasteiger partial charge in [-0.15, -0.1) is 0 Å². The van der Waals surface area contributed by atoms with Crippen LogP contribution < -0.4 is 15.4 Å². The van der Waals surface area contributed by atoms with Crippen molar-refractivity contribution in [3.8, 4) is 11.4 Å². The van der Waals surface area contributed by atoms with Crippen LogP contribution >= 0.6 is 0 Å². The summed E-state index contributed by atoms with van der Waals surface area (Å²) < 4.78 is 7.48. The molecule has 1 unspecified atom stereocenters. The number of nitrogens with zero attached hydrogens (tertiary/aromatic N) is 3. The number of benzene rings is 2. The van der Waals surface area contributed by atoms with Gasteiger partial charge in [-0.2, -0.15) is 5.10 Å². The van der Waals surface area contributed by atoms with Crippen LogP contribution in [0, 0.1) is 13.8 Å². The minimum atomic E-state index is -0.567.